The number of fused-ring (bicyclic) bond motifs is 1. The molecule has 3 heterocycles. The Labute approximate surface area is 159 Å². The Balaban J connectivity index is 1.64. The summed E-state index contributed by atoms with van der Waals surface area (Å²) in [6.45, 7) is 6.60. The summed E-state index contributed by atoms with van der Waals surface area (Å²) in [7, 11) is 3.44. The summed E-state index contributed by atoms with van der Waals surface area (Å²) in [5.74, 6) is 0. The number of urea groups is 1. The maximum atomic E-state index is 11.7. The Kier molecular flexibility index (Phi) is 6.12. The van der Waals surface area contributed by atoms with E-state index in [4.69, 9.17) is 5.11 Å². The fraction of sp³-hybridized carbons (Fsp3) is 0.611. The number of amides is 2. The van der Waals surface area contributed by atoms with E-state index in [0.717, 1.165) is 44.0 Å². The number of carbonyl (C=O) groups excluding carboxylic acids is 1. The van der Waals surface area contributed by atoms with E-state index in [1.54, 1.807) is 18.8 Å². The molecular formula is C18H29N7O2. The van der Waals surface area contributed by atoms with Gasteiger partial charge < -0.3 is 15.3 Å². The van der Waals surface area contributed by atoms with Crippen molar-refractivity contribution in [1.29, 1.82) is 0 Å². The Morgan fingerprint density at radius 3 is 2.89 bits per heavy atom. The summed E-state index contributed by atoms with van der Waals surface area (Å²) in [6, 6.07) is 1.96. The predicted octanol–water partition coefficient (Wildman–Crippen LogP) is 0.557. The van der Waals surface area contributed by atoms with Crippen LogP contribution in [0.2, 0.25) is 0 Å². The van der Waals surface area contributed by atoms with Crippen LogP contribution in [0, 0.1) is 6.92 Å². The first-order valence-corrected chi connectivity index (χ1v) is 9.33. The largest absolute Gasteiger partial charge is 0.394 e. The van der Waals surface area contributed by atoms with E-state index in [1.807, 2.05) is 13.1 Å². The molecule has 27 heavy (non-hydrogen) atoms. The third kappa shape index (κ3) is 4.86. The van der Waals surface area contributed by atoms with Gasteiger partial charge in [0.1, 0.15) is 0 Å². The molecule has 0 radical (unpaired) electrons. The second-order valence-electron chi connectivity index (χ2n) is 7.19. The SMILES string of the molecule is Cc1nn(CCO)cc1CN1CCCn2nc(CNC(=O)N(C)C)cc2C1. The van der Waals surface area contributed by atoms with Crippen molar-refractivity contribution in [3.05, 3.63) is 34.9 Å². The first-order valence-electron chi connectivity index (χ1n) is 9.33. The third-order valence-corrected chi connectivity index (χ3v) is 4.74. The molecule has 0 saturated carbocycles. The molecule has 9 heteroatoms. The minimum absolute atomic E-state index is 0.0938. The van der Waals surface area contributed by atoms with Crippen molar-refractivity contribution in [3.8, 4) is 0 Å². The van der Waals surface area contributed by atoms with E-state index in [0.29, 0.717) is 13.1 Å². The number of aliphatic hydroxyl groups is 1. The van der Waals surface area contributed by atoms with Crippen molar-refractivity contribution in [2.75, 3.05) is 27.2 Å². The first kappa shape index (κ1) is 19.4. The van der Waals surface area contributed by atoms with E-state index in [1.165, 1.54) is 16.2 Å². The van der Waals surface area contributed by atoms with Crippen molar-refractivity contribution in [2.24, 2.45) is 0 Å². The number of carbonyl (C=O) groups is 1. The highest BCUT2D eigenvalue weighted by Crippen LogP contribution is 2.17. The third-order valence-electron chi connectivity index (χ3n) is 4.74. The molecule has 2 amide bonds. The van der Waals surface area contributed by atoms with Crippen LogP contribution in [0.25, 0.3) is 0 Å². The molecule has 0 unspecified atom stereocenters. The second kappa shape index (κ2) is 8.53. The summed E-state index contributed by atoms with van der Waals surface area (Å²) >= 11 is 0. The molecule has 1 aliphatic rings. The molecule has 0 aromatic carbocycles. The quantitative estimate of drug-likeness (QED) is 0.770. The van der Waals surface area contributed by atoms with Gasteiger partial charge in [-0.2, -0.15) is 10.2 Å². The van der Waals surface area contributed by atoms with Gasteiger partial charge in [0.15, 0.2) is 0 Å². The fourth-order valence-electron chi connectivity index (χ4n) is 3.31. The predicted molar refractivity (Wildman–Crippen MR) is 101 cm³/mol. The number of aliphatic hydroxyl groups excluding tert-OH is 1. The van der Waals surface area contributed by atoms with E-state index in [-0.39, 0.29) is 12.6 Å². The average Bonchev–Trinajstić information content (AvgIpc) is 3.10. The molecule has 2 aromatic heterocycles. The van der Waals surface area contributed by atoms with Crippen LogP contribution in [0.15, 0.2) is 12.3 Å². The molecule has 0 atom stereocenters. The summed E-state index contributed by atoms with van der Waals surface area (Å²) in [5.41, 5.74) is 4.25. The average molecular weight is 375 g/mol. The van der Waals surface area contributed by atoms with Gasteiger partial charge in [-0.05, 0) is 19.4 Å². The number of aromatic nitrogens is 4. The van der Waals surface area contributed by atoms with Crippen molar-refractivity contribution < 1.29 is 9.90 Å². The van der Waals surface area contributed by atoms with E-state index in [9.17, 15) is 4.79 Å². The molecule has 0 fully saturated rings. The molecule has 2 N–H and O–H groups in total. The maximum absolute atomic E-state index is 11.7. The smallest absolute Gasteiger partial charge is 0.317 e. The molecule has 2 aromatic rings. The monoisotopic (exact) mass is 375 g/mol. The first-order chi connectivity index (χ1) is 13.0. The topological polar surface area (TPSA) is 91.5 Å². The highest BCUT2D eigenvalue weighted by molar-refractivity contribution is 5.73. The van der Waals surface area contributed by atoms with Crippen molar-refractivity contribution in [3.63, 3.8) is 0 Å². The number of aryl methyl sites for hydroxylation is 2. The second-order valence-corrected chi connectivity index (χ2v) is 7.19. The molecule has 148 valence electrons. The summed E-state index contributed by atoms with van der Waals surface area (Å²) < 4.78 is 3.86. The van der Waals surface area contributed by atoms with Gasteiger partial charge in [-0.3, -0.25) is 14.3 Å². The normalized spacial score (nSPS) is 14.7. The minimum Gasteiger partial charge on any atom is -0.394 e. The number of hydrogen-bond donors (Lipinski definition) is 2. The summed E-state index contributed by atoms with van der Waals surface area (Å²) in [4.78, 5) is 15.6. The van der Waals surface area contributed by atoms with Crippen LogP contribution in [0.5, 0.6) is 0 Å². The van der Waals surface area contributed by atoms with Gasteiger partial charge in [-0.25, -0.2) is 4.79 Å². The van der Waals surface area contributed by atoms with Gasteiger partial charge in [0.2, 0.25) is 0 Å². The lowest BCUT2D eigenvalue weighted by Gasteiger charge is -2.18. The Hall–Kier alpha value is -2.39. The van der Waals surface area contributed by atoms with Crippen molar-refractivity contribution in [1.82, 2.24) is 34.7 Å². The van der Waals surface area contributed by atoms with Gasteiger partial charge in [0.25, 0.3) is 0 Å². The van der Waals surface area contributed by atoms with E-state index >= 15 is 0 Å². The minimum atomic E-state index is -0.116. The zero-order valence-electron chi connectivity index (χ0n) is 16.4. The number of hydrogen-bond acceptors (Lipinski definition) is 5. The van der Waals surface area contributed by atoms with Gasteiger partial charge in [-0.15, -0.1) is 0 Å². The molecule has 9 nitrogen and oxygen atoms in total. The zero-order chi connectivity index (χ0) is 19.4. The highest BCUT2D eigenvalue weighted by Gasteiger charge is 2.18. The van der Waals surface area contributed by atoms with Crippen LogP contribution in [0.4, 0.5) is 4.79 Å². The lowest BCUT2D eigenvalue weighted by atomic mass is 10.2. The van der Waals surface area contributed by atoms with Gasteiger partial charge >= 0.3 is 6.03 Å². The Bertz CT molecular complexity index is 781. The van der Waals surface area contributed by atoms with Gasteiger partial charge in [0.05, 0.1) is 36.8 Å². The standard InChI is InChI=1S/C18H29N7O2/c1-14-15(12-24(20-14)7-8-26)11-23-5-4-6-25-17(13-23)9-16(21-25)10-19-18(27)22(2)3/h9,12,26H,4-8,10-11,13H2,1-3H3,(H,19,27). The van der Waals surface area contributed by atoms with Gasteiger partial charge in [0, 0.05) is 52.0 Å². The maximum Gasteiger partial charge on any atom is 0.317 e. The summed E-state index contributed by atoms with van der Waals surface area (Å²) in [5, 5.41) is 21.1. The van der Waals surface area contributed by atoms with Gasteiger partial charge in [-0.1, -0.05) is 0 Å². The van der Waals surface area contributed by atoms with Crippen LogP contribution in [0.1, 0.15) is 29.1 Å². The molecule has 1 aliphatic heterocycles. The lowest BCUT2D eigenvalue weighted by molar-refractivity contribution is 0.217. The van der Waals surface area contributed by atoms with Crippen LogP contribution >= 0.6 is 0 Å². The molecule has 0 bridgehead atoms. The molecule has 3 rings (SSSR count). The molecule has 0 saturated heterocycles. The summed E-state index contributed by atoms with van der Waals surface area (Å²) in [6.07, 6.45) is 3.05. The number of rotatable bonds is 6. The van der Waals surface area contributed by atoms with Crippen LogP contribution in [0.3, 0.4) is 0 Å². The zero-order valence-corrected chi connectivity index (χ0v) is 16.4. The van der Waals surface area contributed by atoms with Crippen LogP contribution in [-0.2, 0) is 32.7 Å². The van der Waals surface area contributed by atoms with Crippen LogP contribution < -0.4 is 5.32 Å². The van der Waals surface area contributed by atoms with E-state index in [2.05, 4.69) is 31.2 Å². The molecule has 0 aliphatic carbocycles. The highest BCUT2D eigenvalue weighted by atomic mass is 16.3. The lowest BCUT2D eigenvalue weighted by Crippen LogP contribution is -2.34. The van der Waals surface area contributed by atoms with Crippen molar-refractivity contribution in [2.45, 2.75) is 46.1 Å². The molecular weight excluding hydrogens is 346 g/mol. The number of nitrogens with one attached hydrogen (secondary N) is 1. The van der Waals surface area contributed by atoms with Crippen molar-refractivity contribution >= 4 is 6.03 Å². The Morgan fingerprint density at radius 1 is 1.33 bits per heavy atom. The fourth-order valence-corrected chi connectivity index (χ4v) is 3.31. The Morgan fingerprint density at radius 2 is 2.15 bits per heavy atom. The number of nitrogens with zero attached hydrogens (tertiary/aromatic N) is 6. The van der Waals surface area contributed by atoms with E-state index < -0.39 is 0 Å². The van der Waals surface area contributed by atoms with Crippen LogP contribution in [-0.4, -0.2) is 67.7 Å². The molecule has 0 spiro atoms.